The van der Waals surface area contributed by atoms with Gasteiger partial charge in [-0.05, 0) is 61.4 Å². The number of aryl methyl sites for hydroxylation is 2. The van der Waals surface area contributed by atoms with Crippen molar-refractivity contribution in [2.24, 2.45) is 0 Å². The summed E-state index contributed by atoms with van der Waals surface area (Å²) < 4.78 is 5.91. The van der Waals surface area contributed by atoms with Gasteiger partial charge in [0.1, 0.15) is 12.4 Å². The number of anilines is 2. The largest absolute Gasteiger partial charge is 0.487 e. The Balaban J connectivity index is 0.00000306. The number of benzene rings is 3. The molecule has 5 nitrogen and oxygen atoms in total. The summed E-state index contributed by atoms with van der Waals surface area (Å²) in [7, 11) is 0. The maximum absolute atomic E-state index is 13.0. The third-order valence-corrected chi connectivity index (χ3v) is 5.57. The standard InChI is InChI=1S/C26H24ClN3O2.ClH/c1-3-17-8-11-25(22(27)13-17)32-15-18-6-4-5-7-20(18)26(31)30-19-9-10-24-21(14-19)23(28)12-16(2)29-24;/h4-14H,3,15H2,1-2H3,(H2,28,29)(H,30,31);1H. The molecule has 0 aliphatic rings. The summed E-state index contributed by atoms with van der Waals surface area (Å²) in [6.45, 7) is 4.20. The number of hydrogen-bond acceptors (Lipinski definition) is 4. The molecule has 170 valence electrons. The molecule has 3 N–H and O–H groups in total. The Morgan fingerprint density at radius 2 is 1.88 bits per heavy atom. The Labute approximate surface area is 204 Å². The van der Waals surface area contributed by atoms with Crippen LogP contribution in [0.5, 0.6) is 5.75 Å². The molecule has 0 spiro atoms. The predicted molar refractivity (Wildman–Crippen MR) is 138 cm³/mol. The molecule has 1 heterocycles. The Morgan fingerprint density at radius 3 is 2.64 bits per heavy atom. The van der Waals surface area contributed by atoms with Crippen LogP contribution < -0.4 is 15.8 Å². The quantitative estimate of drug-likeness (QED) is 0.325. The van der Waals surface area contributed by atoms with E-state index in [0.29, 0.717) is 27.7 Å². The lowest BCUT2D eigenvalue weighted by Crippen LogP contribution is -2.15. The number of nitrogens with one attached hydrogen (secondary N) is 1. The van der Waals surface area contributed by atoms with E-state index in [1.165, 1.54) is 0 Å². The first-order valence-corrected chi connectivity index (χ1v) is 10.8. The lowest BCUT2D eigenvalue weighted by molar-refractivity contribution is 0.102. The molecule has 1 aromatic heterocycles. The lowest BCUT2D eigenvalue weighted by atomic mass is 10.1. The van der Waals surface area contributed by atoms with Crippen LogP contribution in [0.2, 0.25) is 5.02 Å². The fraction of sp³-hybridized carbons (Fsp3) is 0.154. The van der Waals surface area contributed by atoms with E-state index >= 15 is 0 Å². The molecule has 33 heavy (non-hydrogen) atoms. The molecule has 0 fully saturated rings. The van der Waals surface area contributed by atoms with Crippen molar-refractivity contribution in [3.8, 4) is 5.75 Å². The van der Waals surface area contributed by atoms with Crippen molar-refractivity contribution in [1.82, 2.24) is 4.98 Å². The zero-order valence-corrected chi connectivity index (χ0v) is 20.0. The maximum atomic E-state index is 13.0. The fourth-order valence-electron chi connectivity index (χ4n) is 3.57. The average Bonchev–Trinajstić information content (AvgIpc) is 2.78. The van der Waals surface area contributed by atoms with E-state index in [9.17, 15) is 4.79 Å². The SMILES string of the molecule is CCc1ccc(OCc2ccccc2C(=O)Nc2ccc3nc(C)cc(N)c3c2)c(Cl)c1.Cl. The minimum atomic E-state index is -0.227. The van der Waals surface area contributed by atoms with Crippen LogP contribution in [0.1, 0.15) is 34.1 Å². The van der Waals surface area contributed by atoms with Gasteiger partial charge in [0.15, 0.2) is 0 Å². The van der Waals surface area contributed by atoms with Gasteiger partial charge in [-0.1, -0.05) is 42.8 Å². The topological polar surface area (TPSA) is 77.2 Å². The van der Waals surface area contributed by atoms with Crippen molar-refractivity contribution >= 4 is 52.2 Å². The molecular formula is C26H25Cl2N3O2. The van der Waals surface area contributed by atoms with Gasteiger partial charge in [0, 0.05) is 33.6 Å². The molecule has 0 radical (unpaired) electrons. The molecule has 3 aromatic carbocycles. The van der Waals surface area contributed by atoms with Crippen LogP contribution in [0.25, 0.3) is 10.9 Å². The number of carbonyl (C=O) groups excluding carboxylic acids is 1. The van der Waals surface area contributed by atoms with Crippen LogP contribution in [-0.2, 0) is 13.0 Å². The lowest BCUT2D eigenvalue weighted by Gasteiger charge is -2.13. The number of aromatic nitrogens is 1. The number of halogens is 2. The molecule has 0 saturated carbocycles. The van der Waals surface area contributed by atoms with E-state index in [4.69, 9.17) is 22.1 Å². The number of pyridine rings is 1. The highest BCUT2D eigenvalue weighted by atomic mass is 35.5. The molecule has 7 heteroatoms. The fourth-order valence-corrected chi connectivity index (χ4v) is 3.83. The van der Waals surface area contributed by atoms with E-state index in [-0.39, 0.29) is 24.9 Å². The third-order valence-electron chi connectivity index (χ3n) is 5.28. The van der Waals surface area contributed by atoms with Crippen LogP contribution in [0.4, 0.5) is 11.4 Å². The zero-order chi connectivity index (χ0) is 22.7. The number of hydrogen-bond donors (Lipinski definition) is 2. The van der Waals surface area contributed by atoms with Gasteiger partial charge in [0.2, 0.25) is 0 Å². The minimum absolute atomic E-state index is 0. The Morgan fingerprint density at radius 1 is 1.09 bits per heavy atom. The van der Waals surface area contributed by atoms with E-state index in [1.54, 1.807) is 6.07 Å². The van der Waals surface area contributed by atoms with Crippen molar-refractivity contribution in [1.29, 1.82) is 0 Å². The third kappa shape index (κ3) is 5.56. The van der Waals surface area contributed by atoms with Gasteiger partial charge in [-0.25, -0.2) is 0 Å². The van der Waals surface area contributed by atoms with E-state index in [2.05, 4.69) is 17.2 Å². The molecule has 0 aliphatic carbocycles. The first-order chi connectivity index (χ1) is 15.4. The van der Waals surface area contributed by atoms with Gasteiger partial charge in [-0.15, -0.1) is 12.4 Å². The monoisotopic (exact) mass is 481 g/mol. The van der Waals surface area contributed by atoms with Gasteiger partial charge >= 0.3 is 0 Å². The van der Waals surface area contributed by atoms with Gasteiger partial charge in [0.05, 0.1) is 10.5 Å². The highest BCUT2D eigenvalue weighted by Gasteiger charge is 2.13. The molecule has 4 aromatic rings. The van der Waals surface area contributed by atoms with E-state index < -0.39 is 0 Å². The van der Waals surface area contributed by atoms with Crippen LogP contribution >= 0.6 is 24.0 Å². The number of nitrogens with zero attached hydrogens (tertiary/aromatic N) is 1. The van der Waals surface area contributed by atoms with Crippen LogP contribution in [0.3, 0.4) is 0 Å². The van der Waals surface area contributed by atoms with Crippen molar-refractivity contribution in [2.45, 2.75) is 26.9 Å². The van der Waals surface area contributed by atoms with E-state index in [1.807, 2.05) is 67.6 Å². The second kappa shape index (κ2) is 10.6. The summed E-state index contributed by atoms with van der Waals surface area (Å²) in [4.78, 5) is 17.5. The molecule has 0 atom stereocenters. The van der Waals surface area contributed by atoms with Crippen LogP contribution in [-0.4, -0.2) is 10.9 Å². The van der Waals surface area contributed by atoms with E-state index in [0.717, 1.165) is 34.1 Å². The second-order valence-corrected chi connectivity index (χ2v) is 8.01. The number of nitrogen functional groups attached to an aromatic ring is 1. The molecule has 1 amide bonds. The molecule has 0 bridgehead atoms. The number of rotatable bonds is 6. The maximum Gasteiger partial charge on any atom is 0.256 e. The van der Waals surface area contributed by atoms with Crippen molar-refractivity contribution in [3.63, 3.8) is 0 Å². The Bertz CT molecular complexity index is 1310. The number of carbonyl (C=O) groups is 1. The van der Waals surface area contributed by atoms with Crippen LogP contribution in [0.15, 0.2) is 66.7 Å². The highest BCUT2D eigenvalue weighted by molar-refractivity contribution is 6.32. The summed E-state index contributed by atoms with van der Waals surface area (Å²) in [5.41, 5.74) is 11.5. The van der Waals surface area contributed by atoms with Crippen LogP contribution in [0, 0.1) is 6.92 Å². The van der Waals surface area contributed by atoms with Gasteiger partial charge in [-0.2, -0.15) is 0 Å². The van der Waals surface area contributed by atoms with Crippen molar-refractivity contribution in [2.75, 3.05) is 11.1 Å². The van der Waals surface area contributed by atoms with Gasteiger partial charge in [0.25, 0.3) is 5.91 Å². The number of amides is 1. The minimum Gasteiger partial charge on any atom is -0.487 e. The molecule has 0 aliphatic heterocycles. The second-order valence-electron chi connectivity index (χ2n) is 7.60. The highest BCUT2D eigenvalue weighted by Crippen LogP contribution is 2.28. The Kier molecular flexibility index (Phi) is 7.79. The molecule has 0 unspecified atom stereocenters. The smallest absolute Gasteiger partial charge is 0.256 e. The van der Waals surface area contributed by atoms with Crippen molar-refractivity contribution < 1.29 is 9.53 Å². The first-order valence-electron chi connectivity index (χ1n) is 10.4. The number of nitrogens with two attached hydrogens (primary N) is 1. The van der Waals surface area contributed by atoms with Gasteiger partial charge < -0.3 is 15.8 Å². The summed E-state index contributed by atoms with van der Waals surface area (Å²) in [5.74, 6) is 0.362. The summed E-state index contributed by atoms with van der Waals surface area (Å²) in [5, 5.41) is 4.31. The Hall–Kier alpha value is -3.28. The number of fused-ring (bicyclic) bond motifs is 1. The molecule has 4 rings (SSSR count). The molecule has 0 saturated heterocycles. The predicted octanol–water partition coefficient (Wildman–Crippen LogP) is 6.59. The van der Waals surface area contributed by atoms with Gasteiger partial charge in [-0.3, -0.25) is 9.78 Å². The first kappa shape index (κ1) is 24.4. The normalized spacial score (nSPS) is 10.5. The van der Waals surface area contributed by atoms with Crippen molar-refractivity contribution in [3.05, 3.63) is 94.1 Å². The average molecular weight is 482 g/mol. The number of ether oxygens (including phenoxy) is 1. The summed E-state index contributed by atoms with van der Waals surface area (Å²) >= 11 is 6.33. The summed E-state index contributed by atoms with van der Waals surface area (Å²) in [6.07, 6.45) is 0.902. The zero-order valence-electron chi connectivity index (χ0n) is 18.4. The summed E-state index contributed by atoms with van der Waals surface area (Å²) in [6, 6.07) is 20.4. The molecular weight excluding hydrogens is 457 g/mol.